The van der Waals surface area contributed by atoms with Crippen LogP contribution in [-0.2, 0) is 6.54 Å². The molecule has 1 aliphatic heterocycles. The van der Waals surface area contributed by atoms with Crippen LogP contribution in [0.1, 0.15) is 12.0 Å². The SMILES string of the molecule is O=C(NCc1cccc(Cl)c1)N1CCC(CO)C1. The van der Waals surface area contributed by atoms with E-state index in [1.54, 1.807) is 11.0 Å². The molecule has 1 heterocycles. The molecule has 18 heavy (non-hydrogen) atoms. The van der Waals surface area contributed by atoms with Crippen molar-refractivity contribution in [2.45, 2.75) is 13.0 Å². The Morgan fingerprint density at radius 3 is 3.06 bits per heavy atom. The molecule has 1 fully saturated rings. The molecule has 1 atom stereocenters. The number of hydrogen-bond acceptors (Lipinski definition) is 2. The number of rotatable bonds is 3. The van der Waals surface area contributed by atoms with E-state index in [0.717, 1.165) is 12.0 Å². The zero-order chi connectivity index (χ0) is 13.0. The fourth-order valence-electron chi connectivity index (χ4n) is 2.10. The van der Waals surface area contributed by atoms with Crippen molar-refractivity contribution in [3.8, 4) is 0 Å². The zero-order valence-electron chi connectivity index (χ0n) is 10.1. The van der Waals surface area contributed by atoms with Crippen LogP contribution in [0.3, 0.4) is 0 Å². The molecule has 0 radical (unpaired) electrons. The van der Waals surface area contributed by atoms with Gasteiger partial charge in [-0.2, -0.15) is 0 Å². The number of benzene rings is 1. The first-order chi connectivity index (χ1) is 8.69. The number of nitrogens with one attached hydrogen (secondary N) is 1. The van der Waals surface area contributed by atoms with Crippen molar-refractivity contribution in [1.82, 2.24) is 10.2 Å². The van der Waals surface area contributed by atoms with E-state index in [0.29, 0.717) is 24.7 Å². The van der Waals surface area contributed by atoms with Gasteiger partial charge in [0.25, 0.3) is 0 Å². The number of carbonyl (C=O) groups is 1. The maximum atomic E-state index is 11.9. The summed E-state index contributed by atoms with van der Waals surface area (Å²) in [7, 11) is 0. The number of likely N-dealkylation sites (tertiary alicyclic amines) is 1. The van der Waals surface area contributed by atoms with Crippen molar-refractivity contribution in [1.29, 1.82) is 0 Å². The fraction of sp³-hybridized carbons (Fsp3) is 0.462. The summed E-state index contributed by atoms with van der Waals surface area (Å²) in [6.45, 7) is 1.97. The summed E-state index contributed by atoms with van der Waals surface area (Å²) in [5, 5.41) is 12.6. The molecule has 1 aliphatic rings. The number of halogens is 1. The second kappa shape index (κ2) is 6.07. The molecule has 2 rings (SSSR count). The number of nitrogens with zero attached hydrogens (tertiary/aromatic N) is 1. The average molecular weight is 269 g/mol. The first-order valence-corrected chi connectivity index (χ1v) is 6.45. The van der Waals surface area contributed by atoms with Gasteiger partial charge in [-0.05, 0) is 24.1 Å². The van der Waals surface area contributed by atoms with Gasteiger partial charge in [0.15, 0.2) is 0 Å². The van der Waals surface area contributed by atoms with Crippen LogP contribution in [0.15, 0.2) is 24.3 Å². The van der Waals surface area contributed by atoms with Gasteiger partial charge in [-0.1, -0.05) is 23.7 Å². The van der Waals surface area contributed by atoms with E-state index in [4.69, 9.17) is 16.7 Å². The van der Waals surface area contributed by atoms with Crippen molar-refractivity contribution < 1.29 is 9.90 Å². The highest BCUT2D eigenvalue weighted by molar-refractivity contribution is 6.30. The maximum Gasteiger partial charge on any atom is 0.317 e. The molecule has 2 amide bonds. The van der Waals surface area contributed by atoms with Crippen molar-refractivity contribution >= 4 is 17.6 Å². The largest absolute Gasteiger partial charge is 0.396 e. The van der Waals surface area contributed by atoms with Crippen molar-refractivity contribution in [3.63, 3.8) is 0 Å². The lowest BCUT2D eigenvalue weighted by atomic mass is 10.1. The van der Waals surface area contributed by atoms with Crippen LogP contribution in [-0.4, -0.2) is 35.7 Å². The number of aliphatic hydroxyl groups is 1. The Balaban J connectivity index is 1.82. The minimum Gasteiger partial charge on any atom is -0.396 e. The normalized spacial score (nSPS) is 19.0. The molecule has 5 heteroatoms. The Morgan fingerprint density at radius 1 is 1.56 bits per heavy atom. The van der Waals surface area contributed by atoms with Gasteiger partial charge < -0.3 is 15.3 Å². The second-order valence-electron chi connectivity index (χ2n) is 4.57. The molecule has 1 aromatic rings. The van der Waals surface area contributed by atoms with Crippen LogP contribution in [0.25, 0.3) is 0 Å². The fourth-order valence-corrected chi connectivity index (χ4v) is 2.32. The number of carbonyl (C=O) groups excluding carboxylic acids is 1. The Bertz CT molecular complexity index is 425. The third kappa shape index (κ3) is 3.37. The van der Waals surface area contributed by atoms with E-state index in [1.807, 2.05) is 18.2 Å². The standard InChI is InChI=1S/C13H17ClN2O2/c14-12-3-1-2-10(6-12)7-15-13(18)16-5-4-11(8-16)9-17/h1-3,6,11,17H,4-5,7-9H2,(H,15,18). The molecule has 0 spiro atoms. The van der Waals surface area contributed by atoms with E-state index in [1.165, 1.54) is 0 Å². The topological polar surface area (TPSA) is 52.6 Å². The molecule has 98 valence electrons. The van der Waals surface area contributed by atoms with E-state index < -0.39 is 0 Å². The molecule has 0 aliphatic carbocycles. The highest BCUT2D eigenvalue weighted by Gasteiger charge is 2.25. The summed E-state index contributed by atoms with van der Waals surface area (Å²) < 4.78 is 0. The third-order valence-electron chi connectivity index (χ3n) is 3.16. The molecule has 1 unspecified atom stereocenters. The Kier molecular flexibility index (Phi) is 4.44. The van der Waals surface area contributed by atoms with E-state index >= 15 is 0 Å². The molecule has 0 saturated carbocycles. The van der Waals surface area contributed by atoms with Crippen molar-refractivity contribution in [3.05, 3.63) is 34.9 Å². The van der Waals surface area contributed by atoms with E-state index in [2.05, 4.69) is 5.32 Å². The molecular formula is C13H17ClN2O2. The summed E-state index contributed by atoms with van der Waals surface area (Å²) >= 11 is 5.87. The van der Waals surface area contributed by atoms with Crippen LogP contribution in [0, 0.1) is 5.92 Å². The van der Waals surface area contributed by atoms with Gasteiger partial charge in [0.1, 0.15) is 0 Å². The van der Waals surface area contributed by atoms with Gasteiger partial charge in [-0.15, -0.1) is 0 Å². The zero-order valence-corrected chi connectivity index (χ0v) is 10.9. The third-order valence-corrected chi connectivity index (χ3v) is 3.40. The molecule has 1 saturated heterocycles. The van der Waals surface area contributed by atoms with Crippen molar-refractivity contribution in [2.75, 3.05) is 19.7 Å². The van der Waals surface area contributed by atoms with Crippen LogP contribution in [0.2, 0.25) is 5.02 Å². The van der Waals surface area contributed by atoms with Gasteiger partial charge in [0.2, 0.25) is 0 Å². The van der Waals surface area contributed by atoms with Crippen LogP contribution in [0.5, 0.6) is 0 Å². The minimum atomic E-state index is -0.0778. The predicted molar refractivity (Wildman–Crippen MR) is 70.5 cm³/mol. The van der Waals surface area contributed by atoms with E-state index in [-0.39, 0.29) is 18.6 Å². The average Bonchev–Trinajstić information content (AvgIpc) is 2.85. The Labute approximate surface area is 112 Å². The maximum absolute atomic E-state index is 11.9. The summed E-state index contributed by atoms with van der Waals surface area (Å²) in [6.07, 6.45) is 0.876. The number of hydrogen-bond donors (Lipinski definition) is 2. The monoisotopic (exact) mass is 268 g/mol. The number of urea groups is 1. The highest BCUT2D eigenvalue weighted by atomic mass is 35.5. The molecule has 1 aromatic carbocycles. The molecule has 4 nitrogen and oxygen atoms in total. The molecule has 0 bridgehead atoms. The Morgan fingerprint density at radius 2 is 2.39 bits per heavy atom. The van der Waals surface area contributed by atoms with Gasteiger partial charge >= 0.3 is 6.03 Å². The van der Waals surface area contributed by atoms with Crippen LogP contribution >= 0.6 is 11.6 Å². The van der Waals surface area contributed by atoms with Gasteiger partial charge in [-0.3, -0.25) is 0 Å². The lowest BCUT2D eigenvalue weighted by molar-refractivity contribution is 0.198. The first kappa shape index (κ1) is 13.2. The summed E-state index contributed by atoms with van der Waals surface area (Å²) in [4.78, 5) is 13.6. The molecular weight excluding hydrogens is 252 g/mol. The minimum absolute atomic E-state index is 0.0778. The van der Waals surface area contributed by atoms with E-state index in [9.17, 15) is 4.79 Å². The smallest absolute Gasteiger partial charge is 0.317 e. The van der Waals surface area contributed by atoms with Gasteiger partial charge in [-0.25, -0.2) is 4.79 Å². The van der Waals surface area contributed by atoms with Gasteiger partial charge in [0.05, 0.1) is 0 Å². The van der Waals surface area contributed by atoms with Gasteiger partial charge in [0, 0.05) is 37.2 Å². The second-order valence-corrected chi connectivity index (χ2v) is 5.01. The predicted octanol–water partition coefficient (Wildman–Crippen LogP) is 1.86. The first-order valence-electron chi connectivity index (χ1n) is 6.07. The molecule has 0 aromatic heterocycles. The summed E-state index contributed by atoms with van der Waals surface area (Å²) in [5.41, 5.74) is 0.980. The number of amides is 2. The van der Waals surface area contributed by atoms with Crippen LogP contribution in [0.4, 0.5) is 4.79 Å². The molecule has 2 N–H and O–H groups in total. The lowest BCUT2D eigenvalue weighted by Gasteiger charge is -2.17. The Hall–Kier alpha value is -1.26. The summed E-state index contributed by atoms with van der Waals surface area (Å²) in [5.74, 6) is 0.224. The highest BCUT2D eigenvalue weighted by Crippen LogP contribution is 2.15. The van der Waals surface area contributed by atoms with Crippen molar-refractivity contribution in [2.24, 2.45) is 5.92 Å². The summed E-state index contributed by atoms with van der Waals surface area (Å²) in [6, 6.07) is 7.35. The number of aliphatic hydroxyl groups excluding tert-OH is 1. The van der Waals surface area contributed by atoms with Crippen LogP contribution < -0.4 is 5.32 Å². The quantitative estimate of drug-likeness (QED) is 0.879. The lowest BCUT2D eigenvalue weighted by Crippen LogP contribution is -2.38.